The van der Waals surface area contributed by atoms with Gasteiger partial charge < -0.3 is 4.98 Å². The van der Waals surface area contributed by atoms with Crippen molar-refractivity contribution < 1.29 is 0 Å². The van der Waals surface area contributed by atoms with E-state index in [9.17, 15) is 4.79 Å². The standard InChI is InChI=1S/C14H15N5O/c1-4-19-8-11(7-16-19)5-9(2)13-17-10(3)12(6-15)14(20)18-13/h5,7-8H,4H2,1-3H3,(H,17,18,20)/b9-5+. The molecule has 0 saturated carbocycles. The summed E-state index contributed by atoms with van der Waals surface area (Å²) in [5.41, 5.74) is 1.83. The highest BCUT2D eigenvalue weighted by molar-refractivity contribution is 5.76. The van der Waals surface area contributed by atoms with Crippen molar-refractivity contribution in [3.8, 4) is 6.07 Å². The Labute approximate surface area is 116 Å². The van der Waals surface area contributed by atoms with Gasteiger partial charge in [-0.3, -0.25) is 9.48 Å². The lowest BCUT2D eigenvalue weighted by atomic mass is 10.2. The van der Waals surface area contributed by atoms with Gasteiger partial charge in [0, 0.05) is 18.3 Å². The van der Waals surface area contributed by atoms with Crippen LogP contribution in [-0.4, -0.2) is 19.7 Å². The minimum atomic E-state index is -0.410. The highest BCUT2D eigenvalue weighted by Crippen LogP contribution is 2.13. The number of nitriles is 1. The van der Waals surface area contributed by atoms with E-state index < -0.39 is 5.56 Å². The molecule has 2 aromatic rings. The van der Waals surface area contributed by atoms with Gasteiger partial charge in [-0.2, -0.15) is 10.4 Å². The first-order valence-electron chi connectivity index (χ1n) is 6.27. The molecule has 1 N–H and O–H groups in total. The monoisotopic (exact) mass is 269 g/mol. The van der Waals surface area contributed by atoms with E-state index in [2.05, 4.69) is 15.1 Å². The van der Waals surface area contributed by atoms with E-state index in [4.69, 9.17) is 5.26 Å². The highest BCUT2D eigenvalue weighted by atomic mass is 16.1. The van der Waals surface area contributed by atoms with E-state index in [1.165, 1.54) is 0 Å². The van der Waals surface area contributed by atoms with Crippen LogP contribution in [0.1, 0.15) is 36.5 Å². The third-order valence-corrected chi connectivity index (χ3v) is 2.95. The Kier molecular flexibility index (Phi) is 3.80. The van der Waals surface area contributed by atoms with Gasteiger partial charge in [0.25, 0.3) is 5.56 Å². The van der Waals surface area contributed by atoms with Gasteiger partial charge in [0.15, 0.2) is 0 Å². The molecule has 0 spiro atoms. The smallest absolute Gasteiger partial charge is 0.269 e. The summed E-state index contributed by atoms with van der Waals surface area (Å²) in [5.74, 6) is 0.468. The summed E-state index contributed by atoms with van der Waals surface area (Å²) < 4.78 is 1.82. The molecular formula is C14H15N5O. The summed E-state index contributed by atoms with van der Waals surface area (Å²) in [6.45, 7) is 6.32. The Hall–Kier alpha value is -2.68. The van der Waals surface area contributed by atoms with E-state index in [-0.39, 0.29) is 5.56 Å². The second-order valence-electron chi connectivity index (χ2n) is 4.44. The Morgan fingerprint density at radius 1 is 1.60 bits per heavy atom. The van der Waals surface area contributed by atoms with Crippen molar-refractivity contribution in [1.82, 2.24) is 19.7 Å². The van der Waals surface area contributed by atoms with Crippen LogP contribution in [0, 0.1) is 18.3 Å². The lowest BCUT2D eigenvalue weighted by molar-refractivity contribution is 0.660. The van der Waals surface area contributed by atoms with Crippen molar-refractivity contribution in [2.45, 2.75) is 27.3 Å². The molecule has 2 aromatic heterocycles. The molecule has 0 amide bonds. The first-order valence-corrected chi connectivity index (χ1v) is 6.27. The zero-order chi connectivity index (χ0) is 14.7. The number of aromatic nitrogens is 4. The fourth-order valence-corrected chi connectivity index (χ4v) is 1.85. The van der Waals surface area contributed by atoms with Crippen molar-refractivity contribution in [3.05, 3.63) is 45.4 Å². The van der Waals surface area contributed by atoms with Gasteiger partial charge in [0.05, 0.1) is 11.9 Å². The number of aryl methyl sites for hydroxylation is 2. The third kappa shape index (κ3) is 2.67. The summed E-state index contributed by atoms with van der Waals surface area (Å²) >= 11 is 0. The lowest BCUT2D eigenvalue weighted by Crippen LogP contribution is -2.16. The SMILES string of the molecule is CCn1cc(/C=C(\C)c2nc(C)c(C#N)c(=O)[nH]2)cn1. The van der Waals surface area contributed by atoms with Gasteiger partial charge >= 0.3 is 0 Å². The number of allylic oxidation sites excluding steroid dienone is 1. The summed E-state index contributed by atoms with van der Waals surface area (Å²) in [6.07, 6.45) is 5.56. The zero-order valence-corrected chi connectivity index (χ0v) is 11.6. The quantitative estimate of drug-likeness (QED) is 0.919. The summed E-state index contributed by atoms with van der Waals surface area (Å²) in [7, 11) is 0. The van der Waals surface area contributed by atoms with Crippen molar-refractivity contribution in [2.75, 3.05) is 0 Å². The molecule has 2 rings (SSSR count). The molecule has 0 fully saturated rings. The van der Waals surface area contributed by atoms with Crippen LogP contribution < -0.4 is 5.56 Å². The zero-order valence-electron chi connectivity index (χ0n) is 11.6. The van der Waals surface area contributed by atoms with Crippen molar-refractivity contribution in [2.24, 2.45) is 0 Å². The molecule has 6 nitrogen and oxygen atoms in total. The Morgan fingerprint density at radius 3 is 2.90 bits per heavy atom. The Morgan fingerprint density at radius 2 is 2.35 bits per heavy atom. The maximum absolute atomic E-state index is 11.7. The molecule has 0 aliphatic rings. The highest BCUT2D eigenvalue weighted by Gasteiger charge is 2.08. The van der Waals surface area contributed by atoms with Crippen LogP contribution in [0.15, 0.2) is 17.2 Å². The van der Waals surface area contributed by atoms with Gasteiger partial charge in [-0.25, -0.2) is 4.98 Å². The first-order chi connectivity index (χ1) is 9.55. The van der Waals surface area contributed by atoms with Crippen LogP contribution in [-0.2, 0) is 6.54 Å². The maximum atomic E-state index is 11.7. The number of aromatic amines is 1. The molecule has 6 heteroatoms. The normalized spacial score (nSPS) is 11.4. The molecule has 0 aliphatic heterocycles. The van der Waals surface area contributed by atoms with Crippen LogP contribution in [0.25, 0.3) is 11.6 Å². The van der Waals surface area contributed by atoms with Crippen LogP contribution in [0.5, 0.6) is 0 Å². The summed E-state index contributed by atoms with van der Waals surface area (Å²) in [6, 6.07) is 1.85. The molecule has 2 heterocycles. The van der Waals surface area contributed by atoms with Gasteiger partial charge in [0.1, 0.15) is 17.5 Å². The summed E-state index contributed by atoms with van der Waals surface area (Å²) in [4.78, 5) is 18.6. The predicted molar refractivity (Wildman–Crippen MR) is 75.8 cm³/mol. The molecule has 0 aromatic carbocycles. The predicted octanol–water partition coefficient (Wildman–Crippen LogP) is 1.73. The molecule has 0 unspecified atom stereocenters. The molecular weight excluding hydrogens is 254 g/mol. The van der Waals surface area contributed by atoms with E-state index in [1.807, 2.05) is 36.9 Å². The topological polar surface area (TPSA) is 87.4 Å². The molecule has 20 heavy (non-hydrogen) atoms. The van der Waals surface area contributed by atoms with Gasteiger partial charge in [-0.1, -0.05) is 0 Å². The second kappa shape index (κ2) is 5.53. The van der Waals surface area contributed by atoms with Crippen LogP contribution >= 0.6 is 0 Å². The van der Waals surface area contributed by atoms with E-state index in [1.54, 1.807) is 13.1 Å². The van der Waals surface area contributed by atoms with Crippen molar-refractivity contribution in [1.29, 1.82) is 5.26 Å². The van der Waals surface area contributed by atoms with E-state index in [0.717, 1.165) is 17.7 Å². The van der Waals surface area contributed by atoms with Gasteiger partial charge in [-0.05, 0) is 32.4 Å². The second-order valence-corrected chi connectivity index (χ2v) is 4.44. The first kappa shape index (κ1) is 13.7. The van der Waals surface area contributed by atoms with E-state index >= 15 is 0 Å². The molecule has 0 atom stereocenters. The largest absolute Gasteiger partial charge is 0.306 e. The summed E-state index contributed by atoms with van der Waals surface area (Å²) in [5, 5.41) is 13.0. The maximum Gasteiger partial charge on any atom is 0.269 e. The van der Waals surface area contributed by atoms with Crippen LogP contribution in [0.3, 0.4) is 0 Å². The average Bonchev–Trinajstić information content (AvgIpc) is 2.86. The fraction of sp³-hybridized carbons (Fsp3) is 0.286. The number of H-pyrrole nitrogens is 1. The Balaban J connectivity index is 2.41. The molecule has 0 aliphatic carbocycles. The molecule has 0 bridgehead atoms. The minimum Gasteiger partial charge on any atom is -0.306 e. The fourth-order valence-electron chi connectivity index (χ4n) is 1.85. The van der Waals surface area contributed by atoms with Crippen molar-refractivity contribution in [3.63, 3.8) is 0 Å². The van der Waals surface area contributed by atoms with Crippen LogP contribution in [0.2, 0.25) is 0 Å². The lowest BCUT2D eigenvalue weighted by Gasteiger charge is -2.02. The van der Waals surface area contributed by atoms with Gasteiger partial charge in [-0.15, -0.1) is 0 Å². The molecule has 102 valence electrons. The molecule has 0 saturated heterocycles. The van der Waals surface area contributed by atoms with E-state index in [0.29, 0.717) is 11.5 Å². The van der Waals surface area contributed by atoms with Crippen LogP contribution in [0.4, 0.5) is 0 Å². The molecule has 0 radical (unpaired) electrons. The third-order valence-electron chi connectivity index (χ3n) is 2.95. The number of nitrogens with one attached hydrogen (secondary N) is 1. The minimum absolute atomic E-state index is 0.0559. The van der Waals surface area contributed by atoms with Crippen molar-refractivity contribution >= 4 is 11.6 Å². The number of hydrogen-bond donors (Lipinski definition) is 1. The number of rotatable bonds is 3. The Bertz CT molecular complexity index is 761. The average molecular weight is 269 g/mol. The number of hydrogen-bond acceptors (Lipinski definition) is 4. The van der Waals surface area contributed by atoms with Gasteiger partial charge in [0.2, 0.25) is 0 Å². The number of nitrogens with zero attached hydrogens (tertiary/aromatic N) is 4.